The van der Waals surface area contributed by atoms with Gasteiger partial charge in [-0.2, -0.15) is 0 Å². The molecule has 1 heterocycles. The maximum atomic E-state index is 6.17. The van der Waals surface area contributed by atoms with Crippen LogP contribution in [0.3, 0.4) is 0 Å². The Balaban J connectivity index is 1.88. The second-order valence-electron chi connectivity index (χ2n) is 5.68. The summed E-state index contributed by atoms with van der Waals surface area (Å²) in [6.07, 6.45) is 2.20. The molecule has 2 aromatic rings. The van der Waals surface area contributed by atoms with E-state index < -0.39 is 0 Å². The summed E-state index contributed by atoms with van der Waals surface area (Å²) in [4.78, 5) is 2.56. The van der Waals surface area contributed by atoms with Gasteiger partial charge >= 0.3 is 0 Å². The number of nitrogens with two attached hydrogens (primary N) is 1. The summed E-state index contributed by atoms with van der Waals surface area (Å²) >= 11 is 3.58. The number of benzene rings is 2. The van der Waals surface area contributed by atoms with Crippen LogP contribution in [0.15, 0.2) is 46.9 Å². The van der Waals surface area contributed by atoms with E-state index in [4.69, 9.17) is 5.73 Å². The second kappa shape index (κ2) is 6.20. The van der Waals surface area contributed by atoms with E-state index in [1.165, 1.54) is 16.7 Å². The average Bonchev–Trinajstić information content (AvgIpc) is 2.49. The van der Waals surface area contributed by atoms with Crippen molar-refractivity contribution in [1.82, 2.24) is 4.90 Å². The fraction of sp³-hybridized carbons (Fsp3) is 0.333. The van der Waals surface area contributed by atoms with Crippen LogP contribution in [0.2, 0.25) is 0 Å². The predicted molar refractivity (Wildman–Crippen MR) is 92.1 cm³/mol. The minimum absolute atomic E-state index is 0.454. The molecule has 0 spiro atoms. The van der Waals surface area contributed by atoms with Gasteiger partial charge in [0.25, 0.3) is 0 Å². The maximum absolute atomic E-state index is 6.17. The van der Waals surface area contributed by atoms with E-state index in [-0.39, 0.29) is 0 Å². The highest BCUT2D eigenvalue weighted by Crippen LogP contribution is 2.32. The van der Waals surface area contributed by atoms with E-state index in [1.54, 1.807) is 0 Å². The Hall–Kier alpha value is -1.32. The average molecular weight is 345 g/mol. The topological polar surface area (TPSA) is 29.3 Å². The summed E-state index contributed by atoms with van der Waals surface area (Å²) in [5, 5.41) is 0. The fourth-order valence-corrected chi connectivity index (χ4v) is 3.73. The first kappa shape index (κ1) is 14.6. The lowest BCUT2D eigenvalue weighted by atomic mass is 9.94. The summed E-state index contributed by atoms with van der Waals surface area (Å²) < 4.78 is 1.15. The highest BCUT2D eigenvalue weighted by Gasteiger charge is 2.24. The van der Waals surface area contributed by atoms with Gasteiger partial charge in [0.2, 0.25) is 0 Å². The lowest BCUT2D eigenvalue weighted by molar-refractivity contribution is 0.175. The van der Waals surface area contributed by atoms with Gasteiger partial charge in [-0.1, -0.05) is 47.1 Å². The van der Waals surface area contributed by atoms with Crippen LogP contribution in [0.1, 0.15) is 36.1 Å². The van der Waals surface area contributed by atoms with Gasteiger partial charge in [-0.3, -0.25) is 4.90 Å². The first-order chi connectivity index (χ1) is 10.2. The van der Waals surface area contributed by atoms with Gasteiger partial charge in [-0.25, -0.2) is 0 Å². The molecule has 1 atom stereocenters. The van der Waals surface area contributed by atoms with Crippen LogP contribution in [0.4, 0.5) is 5.69 Å². The molecule has 2 nitrogen and oxygen atoms in total. The molecule has 1 aliphatic rings. The zero-order valence-corrected chi connectivity index (χ0v) is 13.9. The van der Waals surface area contributed by atoms with Gasteiger partial charge in [0, 0.05) is 29.3 Å². The molecular weight excluding hydrogens is 324 g/mol. The second-order valence-corrected chi connectivity index (χ2v) is 6.60. The summed E-state index contributed by atoms with van der Waals surface area (Å²) in [7, 11) is 0. The van der Waals surface area contributed by atoms with Gasteiger partial charge in [0.1, 0.15) is 0 Å². The van der Waals surface area contributed by atoms with Crippen molar-refractivity contribution in [2.45, 2.75) is 32.4 Å². The van der Waals surface area contributed by atoms with Crippen LogP contribution in [-0.2, 0) is 13.0 Å². The number of nitrogen functional groups attached to an aromatic ring is 1. The van der Waals surface area contributed by atoms with Crippen LogP contribution >= 0.6 is 15.9 Å². The fourth-order valence-electron chi connectivity index (χ4n) is 3.31. The van der Waals surface area contributed by atoms with Crippen molar-refractivity contribution in [3.05, 3.63) is 63.6 Å². The molecule has 0 fully saturated rings. The Bertz CT molecular complexity index is 639. The number of hydrogen-bond acceptors (Lipinski definition) is 2. The molecule has 3 rings (SSSR count). The molecule has 21 heavy (non-hydrogen) atoms. The lowest BCUT2D eigenvalue weighted by Gasteiger charge is -2.36. The zero-order chi connectivity index (χ0) is 14.8. The van der Waals surface area contributed by atoms with E-state index >= 15 is 0 Å². The van der Waals surface area contributed by atoms with E-state index in [0.29, 0.717) is 6.04 Å². The monoisotopic (exact) mass is 344 g/mol. The number of halogens is 1. The number of fused-ring (bicyclic) bond motifs is 1. The minimum Gasteiger partial charge on any atom is -0.398 e. The number of anilines is 1. The third kappa shape index (κ3) is 2.99. The largest absolute Gasteiger partial charge is 0.398 e. The van der Waals surface area contributed by atoms with E-state index in [1.807, 2.05) is 6.07 Å². The number of hydrogen-bond donors (Lipinski definition) is 1. The zero-order valence-electron chi connectivity index (χ0n) is 12.3. The molecule has 110 valence electrons. The Morgan fingerprint density at radius 1 is 1.24 bits per heavy atom. The quantitative estimate of drug-likeness (QED) is 0.828. The molecule has 1 unspecified atom stereocenters. The van der Waals surface area contributed by atoms with Crippen molar-refractivity contribution >= 4 is 21.6 Å². The van der Waals surface area contributed by atoms with Crippen molar-refractivity contribution in [2.24, 2.45) is 0 Å². The van der Waals surface area contributed by atoms with Crippen LogP contribution in [-0.4, -0.2) is 11.4 Å². The summed E-state index contributed by atoms with van der Waals surface area (Å²) in [5.74, 6) is 0. The molecule has 0 amide bonds. The molecule has 3 heteroatoms. The van der Waals surface area contributed by atoms with Crippen LogP contribution < -0.4 is 5.73 Å². The summed E-state index contributed by atoms with van der Waals surface area (Å²) in [5.41, 5.74) is 11.2. The van der Waals surface area contributed by atoms with Crippen LogP contribution in [0.5, 0.6) is 0 Å². The summed E-state index contributed by atoms with van der Waals surface area (Å²) in [6, 6.07) is 15.4. The van der Waals surface area contributed by atoms with Crippen molar-refractivity contribution in [1.29, 1.82) is 0 Å². The SMILES string of the molecule is CCC(c1cccc(Br)c1)N1CCc2cccc(N)c2C1. The Kier molecular flexibility index (Phi) is 4.32. The van der Waals surface area contributed by atoms with Gasteiger partial charge in [-0.15, -0.1) is 0 Å². The van der Waals surface area contributed by atoms with Gasteiger partial charge in [0.15, 0.2) is 0 Å². The standard InChI is InChI=1S/C18H21BrN2/c1-2-18(14-6-3-7-15(19)11-14)21-10-9-13-5-4-8-17(20)16(13)12-21/h3-8,11,18H,2,9-10,12,20H2,1H3. The van der Waals surface area contributed by atoms with Crippen LogP contribution in [0.25, 0.3) is 0 Å². The van der Waals surface area contributed by atoms with Gasteiger partial charge < -0.3 is 5.73 Å². The van der Waals surface area contributed by atoms with E-state index in [0.717, 1.165) is 36.1 Å². The van der Waals surface area contributed by atoms with Crippen molar-refractivity contribution in [3.8, 4) is 0 Å². The van der Waals surface area contributed by atoms with Crippen LogP contribution in [0, 0.1) is 0 Å². The summed E-state index contributed by atoms with van der Waals surface area (Å²) in [6.45, 7) is 4.31. The molecule has 0 bridgehead atoms. The molecule has 0 saturated heterocycles. The maximum Gasteiger partial charge on any atom is 0.0362 e. The number of nitrogens with zero attached hydrogens (tertiary/aromatic N) is 1. The van der Waals surface area contributed by atoms with Gasteiger partial charge in [0.05, 0.1) is 0 Å². The Morgan fingerprint density at radius 3 is 2.81 bits per heavy atom. The Labute approximate surface area is 135 Å². The van der Waals surface area contributed by atoms with Crippen molar-refractivity contribution in [2.75, 3.05) is 12.3 Å². The Morgan fingerprint density at radius 2 is 2.05 bits per heavy atom. The first-order valence-electron chi connectivity index (χ1n) is 7.54. The third-order valence-electron chi connectivity index (χ3n) is 4.40. The molecule has 0 saturated carbocycles. The molecule has 2 N–H and O–H groups in total. The van der Waals surface area contributed by atoms with E-state index in [9.17, 15) is 0 Å². The molecule has 2 aromatic carbocycles. The molecule has 1 aliphatic heterocycles. The molecular formula is C18H21BrN2. The molecule has 0 radical (unpaired) electrons. The first-order valence-corrected chi connectivity index (χ1v) is 8.34. The normalized spacial score (nSPS) is 16.5. The number of rotatable bonds is 3. The van der Waals surface area contributed by atoms with Crippen molar-refractivity contribution in [3.63, 3.8) is 0 Å². The predicted octanol–water partition coefficient (Wildman–Crippen LogP) is 4.54. The van der Waals surface area contributed by atoms with E-state index in [2.05, 4.69) is 64.2 Å². The minimum atomic E-state index is 0.454. The highest BCUT2D eigenvalue weighted by atomic mass is 79.9. The third-order valence-corrected chi connectivity index (χ3v) is 4.89. The molecule has 0 aromatic heterocycles. The van der Waals surface area contributed by atoms with Crippen molar-refractivity contribution < 1.29 is 0 Å². The van der Waals surface area contributed by atoms with Gasteiger partial charge in [-0.05, 0) is 47.7 Å². The smallest absolute Gasteiger partial charge is 0.0362 e. The lowest BCUT2D eigenvalue weighted by Crippen LogP contribution is -2.34. The highest BCUT2D eigenvalue weighted by molar-refractivity contribution is 9.10. The molecule has 0 aliphatic carbocycles.